The van der Waals surface area contributed by atoms with Gasteiger partial charge in [-0.25, -0.2) is 4.98 Å². The highest BCUT2D eigenvalue weighted by Gasteiger charge is 2.24. The van der Waals surface area contributed by atoms with Crippen molar-refractivity contribution >= 4 is 11.6 Å². The van der Waals surface area contributed by atoms with E-state index in [0.717, 1.165) is 17.7 Å². The summed E-state index contributed by atoms with van der Waals surface area (Å²) < 4.78 is 5.71. The van der Waals surface area contributed by atoms with E-state index in [0.29, 0.717) is 23.2 Å². The summed E-state index contributed by atoms with van der Waals surface area (Å²) in [5.74, 6) is 0.462. The van der Waals surface area contributed by atoms with Gasteiger partial charge in [-0.2, -0.15) is 5.26 Å². The summed E-state index contributed by atoms with van der Waals surface area (Å²) in [4.78, 5) is 4.28. The van der Waals surface area contributed by atoms with E-state index in [1.54, 1.807) is 6.07 Å². The van der Waals surface area contributed by atoms with Crippen LogP contribution in [0.15, 0.2) is 6.07 Å². The van der Waals surface area contributed by atoms with Crippen molar-refractivity contribution in [1.82, 2.24) is 4.98 Å². The number of fused-ring (bicyclic) bond motifs is 1. The first kappa shape index (κ1) is 11.4. The average Bonchev–Trinajstić information content (AvgIpc) is 2.27. The molecular weight excluding hydrogens is 224 g/mol. The number of rotatable bonds is 1. The molecule has 0 aromatic carbocycles. The van der Waals surface area contributed by atoms with Crippen LogP contribution in [0.4, 0.5) is 0 Å². The number of ether oxygens (including phenoxy) is 1. The smallest absolute Gasteiger partial charge is 0.147 e. The summed E-state index contributed by atoms with van der Waals surface area (Å²) in [6, 6.07) is 3.81. The standard InChI is InChI=1S/C12H13ClN2O/c1-7(2)11-4-10-9(6-16-11)3-8(5-14)12(13)15-10/h3,7,11H,4,6H2,1-2H3. The van der Waals surface area contributed by atoms with E-state index in [-0.39, 0.29) is 6.10 Å². The molecule has 0 aliphatic carbocycles. The molecule has 0 N–H and O–H groups in total. The predicted molar refractivity (Wildman–Crippen MR) is 61.1 cm³/mol. The summed E-state index contributed by atoms with van der Waals surface area (Å²) in [7, 11) is 0. The monoisotopic (exact) mass is 236 g/mol. The average molecular weight is 237 g/mol. The predicted octanol–water partition coefficient (Wildman–Crippen LogP) is 2.70. The SMILES string of the molecule is CC(C)C1Cc2nc(Cl)c(C#N)cc2CO1. The van der Waals surface area contributed by atoms with E-state index in [9.17, 15) is 0 Å². The second-order valence-corrected chi connectivity index (χ2v) is 4.70. The van der Waals surface area contributed by atoms with E-state index in [1.807, 2.05) is 6.07 Å². The van der Waals surface area contributed by atoms with Crippen molar-refractivity contribution in [3.63, 3.8) is 0 Å². The van der Waals surface area contributed by atoms with Gasteiger partial charge in [0.1, 0.15) is 11.2 Å². The molecular formula is C12H13ClN2O. The quantitative estimate of drug-likeness (QED) is 0.705. The van der Waals surface area contributed by atoms with Gasteiger partial charge in [0, 0.05) is 12.0 Å². The van der Waals surface area contributed by atoms with Crippen LogP contribution in [0.5, 0.6) is 0 Å². The maximum Gasteiger partial charge on any atom is 0.147 e. The van der Waals surface area contributed by atoms with Crippen molar-refractivity contribution in [2.24, 2.45) is 5.92 Å². The summed E-state index contributed by atoms with van der Waals surface area (Å²) in [6.45, 7) is 4.78. The van der Waals surface area contributed by atoms with Crippen molar-refractivity contribution < 1.29 is 4.74 Å². The number of halogens is 1. The second-order valence-electron chi connectivity index (χ2n) is 4.34. The molecule has 0 saturated heterocycles. The molecule has 0 fully saturated rings. The third-order valence-electron chi connectivity index (χ3n) is 2.86. The fraction of sp³-hybridized carbons (Fsp3) is 0.500. The van der Waals surface area contributed by atoms with Crippen LogP contribution in [-0.4, -0.2) is 11.1 Å². The van der Waals surface area contributed by atoms with Crippen molar-refractivity contribution in [1.29, 1.82) is 5.26 Å². The normalized spacial score (nSPS) is 19.3. The second kappa shape index (κ2) is 4.40. The highest BCUT2D eigenvalue weighted by Crippen LogP contribution is 2.26. The molecule has 2 rings (SSSR count). The summed E-state index contributed by atoms with van der Waals surface area (Å²) >= 11 is 5.91. The molecule has 0 saturated carbocycles. The maximum absolute atomic E-state index is 8.84. The molecule has 0 bridgehead atoms. The molecule has 1 aliphatic rings. The largest absolute Gasteiger partial charge is 0.373 e. The Morgan fingerprint density at radius 2 is 2.38 bits per heavy atom. The summed E-state index contributed by atoms with van der Waals surface area (Å²) in [6.07, 6.45) is 0.974. The van der Waals surface area contributed by atoms with Gasteiger partial charge in [0.2, 0.25) is 0 Å². The Kier molecular flexibility index (Phi) is 3.13. The van der Waals surface area contributed by atoms with Gasteiger partial charge in [0.15, 0.2) is 0 Å². The number of aromatic nitrogens is 1. The van der Waals surface area contributed by atoms with Gasteiger partial charge in [-0.05, 0) is 12.0 Å². The molecule has 0 spiro atoms. The van der Waals surface area contributed by atoms with E-state index < -0.39 is 0 Å². The van der Waals surface area contributed by atoms with Crippen molar-refractivity contribution in [2.45, 2.75) is 33.0 Å². The molecule has 4 heteroatoms. The molecule has 3 nitrogen and oxygen atoms in total. The highest BCUT2D eigenvalue weighted by atomic mass is 35.5. The number of nitriles is 1. The molecule has 1 unspecified atom stereocenters. The Balaban J connectivity index is 2.34. The number of pyridine rings is 1. The van der Waals surface area contributed by atoms with Crippen LogP contribution in [0.25, 0.3) is 0 Å². The molecule has 1 atom stereocenters. The zero-order chi connectivity index (χ0) is 11.7. The third kappa shape index (κ3) is 2.04. The molecule has 1 aliphatic heterocycles. The van der Waals surface area contributed by atoms with Crippen LogP contribution >= 0.6 is 11.6 Å². The Hall–Kier alpha value is -1.11. The lowest BCUT2D eigenvalue weighted by atomic mass is 9.96. The van der Waals surface area contributed by atoms with Gasteiger partial charge in [-0.15, -0.1) is 0 Å². The van der Waals surface area contributed by atoms with Gasteiger partial charge in [0.25, 0.3) is 0 Å². The molecule has 84 valence electrons. The van der Waals surface area contributed by atoms with Crippen LogP contribution in [0, 0.1) is 17.2 Å². The van der Waals surface area contributed by atoms with Crippen molar-refractivity contribution in [3.8, 4) is 6.07 Å². The van der Waals surface area contributed by atoms with Gasteiger partial charge >= 0.3 is 0 Å². The molecule has 2 heterocycles. The van der Waals surface area contributed by atoms with Crippen LogP contribution in [0.3, 0.4) is 0 Å². The van der Waals surface area contributed by atoms with Crippen molar-refractivity contribution in [2.75, 3.05) is 0 Å². The number of hydrogen-bond acceptors (Lipinski definition) is 3. The topological polar surface area (TPSA) is 45.9 Å². The fourth-order valence-electron chi connectivity index (χ4n) is 1.82. The van der Waals surface area contributed by atoms with Gasteiger partial charge < -0.3 is 4.74 Å². The van der Waals surface area contributed by atoms with Crippen LogP contribution in [-0.2, 0) is 17.8 Å². The Bertz CT molecular complexity index is 451. The highest BCUT2D eigenvalue weighted by molar-refractivity contribution is 6.30. The van der Waals surface area contributed by atoms with Crippen LogP contribution in [0.1, 0.15) is 30.7 Å². The summed E-state index contributed by atoms with van der Waals surface area (Å²) in [5.41, 5.74) is 2.37. The lowest BCUT2D eigenvalue weighted by molar-refractivity contribution is -0.00154. The molecule has 1 aromatic rings. The minimum absolute atomic E-state index is 0.198. The van der Waals surface area contributed by atoms with Gasteiger partial charge in [-0.3, -0.25) is 0 Å². The first-order chi connectivity index (χ1) is 7.61. The van der Waals surface area contributed by atoms with E-state index in [1.165, 1.54) is 0 Å². The maximum atomic E-state index is 8.84. The van der Waals surface area contributed by atoms with Crippen molar-refractivity contribution in [3.05, 3.63) is 28.0 Å². The van der Waals surface area contributed by atoms with E-state index >= 15 is 0 Å². The van der Waals surface area contributed by atoms with E-state index in [2.05, 4.69) is 18.8 Å². The first-order valence-electron chi connectivity index (χ1n) is 5.31. The fourth-order valence-corrected chi connectivity index (χ4v) is 2.02. The van der Waals surface area contributed by atoms with Crippen LogP contribution < -0.4 is 0 Å². The summed E-state index contributed by atoms with van der Waals surface area (Å²) in [5, 5.41) is 9.14. The Morgan fingerprint density at radius 3 is 3.00 bits per heavy atom. The lowest BCUT2D eigenvalue weighted by Gasteiger charge is -2.27. The lowest BCUT2D eigenvalue weighted by Crippen LogP contribution is -2.28. The van der Waals surface area contributed by atoms with E-state index in [4.69, 9.17) is 21.6 Å². The third-order valence-corrected chi connectivity index (χ3v) is 3.14. The Morgan fingerprint density at radius 1 is 1.62 bits per heavy atom. The zero-order valence-electron chi connectivity index (χ0n) is 9.33. The minimum Gasteiger partial charge on any atom is -0.373 e. The van der Waals surface area contributed by atoms with Crippen LogP contribution in [0.2, 0.25) is 5.15 Å². The molecule has 0 radical (unpaired) electrons. The Labute approximate surface area is 100 Å². The molecule has 1 aromatic heterocycles. The zero-order valence-corrected chi connectivity index (χ0v) is 10.1. The van der Waals surface area contributed by atoms with Gasteiger partial charge in [-0.1, -0.05) is 25.4 Å². The van der Waals surface area contributed by atoms with Gasteiger partial charge in [0.05, 0.1) is 24.0 Å². The number of hydrogen-bond donors (Lipinski definition) is 0. The molecule has 0 amide bonds. The molecule has 16 heavy (non-hydrogen) atoms. The minimum atomic E-state index is 0.198. The first-order valence-corrected chi connectivity index (χ1v) is 5.69. The number of nitrogens with zero attached hydrogens (tertiary/aromatic N) is 2.